The van der Waals surface area contributed by atoms with E-state index in [1.54, 1.807) is 24.3 Å². The van der Waals surface area contributed by atoms with Gasteiger partial charge in [-0.2, -0.15) is 0 Å². The monoisotopic (exact) mass is 296 g/mol. The number of benzene rings is 1. The fraction of sp³-hybridized carbons (Fsp3) is 0.154. The van der Waals surface area contributed by atoms with Gasteiger partial charge in [-0.3, -0.25) is 5.32 Å². The minimum absolute atomic E-state index is 0.336. The maximum atomic E-state index is 11.8. The molecule has 0 unspecified atom stereocenters. The van der Waals surface area contributed by atoms with Gasteiger partial charge in [0.15, 0.2) is 0 Å². The van der Waals surface area contributed by atoms with E-state index < -0.39 is 6.03 Å². The number of amides is 2. The summed E-state index contributed by atoms with van der Waals surface area (Å²) in [6, 6.07) is 5.95. The molecule has 0 aliphatic carbocycles. The highest BCUT2D eigenvalue weighted by atomic mass is 35.5. The van der Waals surface area contributed by atoms with E-state index in [2.05, 4.69) is 10.6 Å². The summed E-state index contributed by atoms with van der Waals surface area (Å²) in [6.45, 7) is 0. The molecule has 106 valence electrons. The molecule has 0 aliphatic rings. The smallest absolute Gasteiger partial charge is 0.326 e. The molecule has 2 amide bonds. The molecule has 1 aromatic heterocycles. The summed E-state index contributed by atoms with van der Waals surface area (Å²) in [7, 11) is 2.97. The van der Waals surface area contributed by atoms with Crippen molar-refractivity contribution in [3.63, 3.8) is 0 Å². The van der Waals surface area contributed by atoms with Gasteiger partial charge in [-0.1, -0.05) is 11.6 Å². The average Bonchev–Trinajstić information content (AvgIpc) is 2.92. The molecule has 0 fully saturated rings. The van der Waals surface area contributed by atoms with Crippen molar-refractivity contribution in [1.29, 1.82) is 0 Å². The molecule has 2 rings (SSSR count). The van der Waals surface area contributed by atoms with Crippen molar-refractivity contribution in [2.45, 2.75) is 0 Å². The number of rotatable bonds is 4. The number of methoxy groups -OCH3 is 2. The van der Waals surface area contributed by atoms with Crippen molar-refractivity contribution in [2.75, 3.05) is 24.9 Å². The Morgan fingerprint density at radius 2 is 1.95 bits per heavy atom. The number of halogens is 1. The predicted octanol–water partition coefficient (Wildman–Crippen LogP) is 3.59. The van der Waals surface area contributed by atoms with Crippen molar-refractivity contribution >= 4 is 29.2 Å². The fourth-order valence-electron chi connectivity index (χ4n) is 1.57. The number of hydrogen-bond acceptors (Lipinski definition) is 4. The lowest BCUT2D eigenvalue weighted by Crippen LogP contribution is -2.19. The molecule has 0 saturated heterocycles. The molecule has 0 radical (unpaired) electrons. The third-order valence-corrected chi connectivity index (χ3v) is 2.78. The number of hydrogen-bond donors (Lipinski definition) is 2. The molecule has 0 bridgehead atoms. The first-order valence-electron chi connectivity index (χ1n) is 5.67. The molecule has 0 spiro atoms. The first-order valence-corrected chi connectivity index (χ1v) is 6.05. The maximum absolute atomic E-state index is 11.8. The van der Waals surface area contributed by atoms with Gasteiger partial charge in [-0.05, 0) is 6.07 Å². The van der Waals surface area contributed by atoms with Crippen LogP contribution in [0.4, 0.5) is 16.4 Å². The van der Waals surface area contributed by atoms with Crippen LogP contribution >= 0.6 is 11.6 Å². The summed E-state index contributed by atoms with van der Waals surface area (Å²) >= 11 is 5.98. The van der Waals surface area contributed by atoms with E-state index in [0.29, 0.717) is 28.1 Å². The van der Waals surface area contributed by atoms with E-state index >= 15 is 0 Å². The van der Waals surface area contributed by atoms with Crippen LogP contribution in [0.2, 0.25) is 5.02 Å². The summed E-state index contributed by atoms with van der Waals surface area (Å²) in [5.41, 5.74) is 0.429. The predicted molar refractivity (Wildman–Crippen MR) is 75.9 cm³/mol. The number of furan rings is 1. The summed E-state index contributed by atoms with van der Waals surface area (Å²) < 4.78 is 15.3. The molecule has 0 saturated carbocycles. The maximum Gasteiger partial charge on any atom is 0.326 e. The topological polar surface area (TPSA) is 72.7 Å². The lowest BCUT2D eigenvalue weighted by Gasteiger charge is -2.13. The van der Waals surface area contributed by atoms with Gasteiger partial charge in [0, 0.05) is 18.2 Å². The first kappa shape index (κ1) is 14.1. The summed E-state index contributed by atoms with van der Waals surface area (Å²) in [5, 5.41) is 5.55. The van der Waals surface area contributed by atoms with Crippen LogP contribution < -0.4 is 20.1 Å². The van der Waals surface area contributed by atoms with E-state index in [1.165, 1.54) is 20.5 Å². The molecular formula is C13H13ClN2O4. The number of carbonyl (C=O) groups excluding carboxylic acids is 1. The van der Waals surface area contributed by atoms with Crippen molar-refractivity contribution in [2.24, 2.45) is 0 Å². The molecule has 20 heavy (non-hydrogen) atoms. The molecule has 7 heteroatoms. The van der Waals surface area contributed by atoms with Gasteiger partial charge in [0.25, 0.3) is 0 Å². The van der Waals surface area contributed by atoms with Gasteiger partial charge in [-0.25, -0.2) is 4.79 Å². The highest BCUT2D eigenvalue weighted by Gasteiger charge is 2.13. The minimum atomic E-state index is -0.470. The largest absolute Gasteiger partial charge is 0.495 e. The zero-order chi connectivity index (χ0) is 14.5. The minimum Gasteiger partial charge on any atom is -0.495 e. The van der Waals surface area contributed by atoms with E-state index in [1.807, 2.05) is 0 Å². The second-order valence-corrected chi connectivity index (χ2v) is 4.15. The van der Waals surface area contributed by atoms with E-state index in [4.69, 9.17) is 25.5 Å². The lowest BCUT2D eigenvalue weighted by atomic mass is 10.2. The quantitative estimate of drug-likeness (QED) is 0.904. The van der Waals surface area contributed by atoms with Crippen molar-refractivity contribution in [3.05, 3.63) is 35.6 Å². The van der Waals surface area contributed by atoms with Crippen LogP contribution in [-0.2, 0) is 0 Å². The third kappa shape index (κ3) is 3.16. The Bertz CT molecular complexity index is 599. The summed E-state index contributed by atoms with van der Waals surface area (Å²) in [4.78, 5) is 11.8. The van der Waals surface area contributed by atoms with Crippen LogP contribution in [0.15, 0.2) is 34.9 Å². The van der Waals surface area contributed by atoms with Crippen molar-refractivity contribution in [1.82, 2.24) is 0 Å². The van der Waals surface area contributed by atoms with Crippen LogP contribution in [0.3, 0.4) is 0 Å². The number of carbonyl (C=O) groups is 1. The molecule has 2 N–H and O–H groups in total. The number of urea groups is 1. The van der Waals surface area contributed by atoms with E-state index in [0.717, 1.165) is 0 Å². The van der Waals surface area contributed by atoms with Gasteiger partial charge in [0.05, 0.1) is 31.2 Å². The van der Waals surface area contributed by atoms with Crippen LogP contribution in [0.25, 0.3) is 0 Å². The van der Waals surface area contributed by atoms with Gasteiger partial charge < -0.3 is 19.2 Å². The molecule has 0 atom stereocenters. The molecule has 0 aliphatic heterocycles. The molecule has 1 heterocycles. The van der Waals surface area contributed by atoms with Gasteiger partial charge in [0.1, 0.15) is 11.5 Å². The first-order chi connectivity index (χ1) is 9.63. The highest BCUT2D eigenvalue weighted by molar-refractivity contribution is 6.32. The summed E-state index contributed by atoms with van der Waals surface area (Å²) in [5.74, 6) is 1.19. The van der Waals surface area contributed by atoms with Gasteiger partial charge in [-0.15, -0.1) is 0 Å². The Labute approximate surface area is 120 Å². The van der Waals surface area contributed by atoms with Crippen LogP contribution in [0.1, 0.15) is 0 Å². The zero-order valence-corrected chi connectivity index (χ0v) is 11.7. The highest BCUT2D eigenvalue weighted by Crippen LogP contribution is 2.35. The zero-order valence-electron chi connectivity index (χ0n) is 10.9. The van der Waals surface area contributed by atoms with Crippen molar-refractivity contribution in [3.8, 4) is 11.5 Å². The second-order valence-electron chi connectivity index (χ2n) is 3.74. The van der Waals surface area contributed by atoms with Crippen LogP contribution in [0.5, 0.6) is 11.5 Å². The molecule has 6 nitrogen and oxygen atoms in total. The number of anilines is 2. The second kappa shape index (κ2) is 6.21. The van der Waals surface area contributed by atoms with Crippen molar-refractivity contribution < 1.29 is 18.7 Å². The fourth-order valence-corrected chi connectivity index (χ4v) is 1.80. The Morgan fingerprint density at radius 3 is 2.55 bits per heavy atom. The standard InChI is InChI=1S/C13H13ClN2O4/c1-18-10-7-9(11(19-2)6-8(10)14)15-13(17)16-12-4-3-5-20-12/h3-7H,1-2H3,(H2,15,16,17). The average molecular weight is 297 g/mol. The summed E-state index contributed by atoms with van der Waals surface area (Å²) in [6.07, 6.45) is 1.46. The molecule has 2 aromatic rings. The Kier molecular flexibility index (Phi) is 4.37. The number of ether oxygens (including phenoxy) is 2. The van der Waals surface area contributed by atoms with E-state index in [9.17, 15) is 4.79 Å². The SMILES string of the molecule is COc1cc(NC(=O)Nc2ccco2)c(OC)cc1Cl. The normalized spacial score (nSPS) is 9.95. The van der Waals surface area contributed by atoms with E-state index in [-0.39, 0.29) is 0 Å². The molecule has 1 aromatic carbocycles. The van der Waals surface area contributed by atoms with Crippen LogP contribution in [-0.4, -0.2) is 20.3 Å². The third-order valence-electron chi connectivity index (χ3n) is 2.48. The van der Waals surface area contributed by atoms with Gasteiger partial charge >= 0.3 is 6.03 Å². The lowest BCUT2D eigenvalue weighted by molar-refractivity contribution is 0.261. The Hall–Kier alpha value is -2.34. The number of nitrogens with one attached hydrogen (secondary N) is 2. The van der Waals surface area contributed by atoms with Crippen LogP contribution in [0, 0.1) is 0 Å². The van der Waals surface area contributed by atoms with Gasteiger partial charge in [0.2, 0.25) is 5.88 Å². The Morgan fingerprint density at radius 1 is 1.20 bits per heavy atom. The Balaban J connectivity index is 2.17. The molecular weight excluding hydrogens is 284 g/mol.